The number of amides is 2. The van der Waals surface area contributed by atoms with Crippen molar-refractivity contribution in [2.24, 2.45) is 43.7 Å². The van der Waals surface area contributed by atoms with E-state index in [9.17, 15) is 19.5 Å². The van der Waals surface area contributed by atoms with Crippen molar-refractivity contribution in [3.8, 4) is 0 Å². The predicted octanol–water partition coefficient (Wildman–Crippen LogP) is 6.86. The molecule has 5 heterocycles. The highest BCUT2D eigenvalue weighted by Crippen LogP contribution is 2.41. The van der Waals surface area contributed by atoms with Gasteiger partial charge in [0, 0.05) is 111 Å². The zero-order valence-corrected chi connectivity index (χ0v) is 33.2. The standard InChI is InChI=1S/C27H35N3O3.C19H23NO3/c1-29-24-6-2-19(18-8-10-33-11-9-18)13-22(24)23-14-20(3-7-25(23)29)27(32)30-15-17(16-30)12-26(31)28-21-4-5-21;1-20-17-4-2-13(12-6-8-23-9-7-12)10-15(17)16-11-14(19(21)22)3-5-18(16)20/h3,7,14,17-19,21H,2,4-6,8-13,15-16H2,1H3,(H,28,31);3,5,11-13H,2,4,6-10H2,1H3,(H,21,22). The summed E-state index contributed by atoms with van der Waals surface area (Å²) in [5, 5.41) is 14.7. The Labute approximate surface area is 329 Å². The molecule has 4 fully saturated rings. The third kappa shape index (κ3) is 7.39. The molecule has 0 radical (unpaired) electrons. The fraction of sp³-hybridized carbons (Fsp3) is 0.587. The van der Waals surface area contributed by atoms with Crippen molar-refractivity contribution in [1.29, 1.82) is 0 Å². The van der Waals surface area contributed by atoms with E-state index in [1.165, 1.54) is 71.9 Å². The summed E-state index contributed by atoms with van der Waals surface area (Å²) in [5.41, 5.74) is 9.25. The molecule has 2 aromatic carbocycles. The Balaban J connectivity index is 0.000000156. The number of nitrogens with one attached hydrogen (secondary N) is 1. The van der Waals surface area contributed by atoms with E-state index in [1.54, 1.807) is 6.07 Å². The summed E-state index contributed by atoms with van der Waals surface area (Å²) in [6.07, 6.45) is 14.4. The van der Waals surface area contributed by atoms with Crippen LogP contribution in [0.25, 0.3) is 21.8 Å². The molecule has 2 aromatic heterocycles. The highest BCUT2D eigenvalue weighted by molar-refractivity contribution is 6.00. The molecule has 2 unspecified atom stereocenters. The third-order valence-electron chi connectivity index (χ3n) is 14.3. The first-order valence-corrected chi connectivity index (χ1v) is 21.4. The lowest BCUT2D eigenvalue weighted by molar-refractivity contribution is -0.123. The molecule has 2 atom stereocenters. The van der Waals surface area contributed by atoms with Gasteiger partial charge in [-0.05, 0) is 148 Å². The highest BCUT2D eigenvalue weighted by Gasteiger charge is 2.36. The predicted molar refractivity (Wildman–Crippen MR) is 216 cm³/mol. The normalized spacial score (nSPS) is 23.2. The van der Waals surface area contributed by atoms with Crippen LogP contribution in [0, 0.1) is 29.6 Å². The summed E-state index contributed by atoms with van der Waals surface area (Å²) < 4.78 is 15.7. The molecule has 56 heavy (non-hydrogen) atoms. The number of ether oxygens (including phenoxy) is 2. The molecule has 4 aromatic rings. The Bertz CT molecular complexity index is 2130. The minimum absolute atomic E-state index is 0.102. The maximum absolute atomic E-state index is 13.2. The molecule has 2 N–H and O–H groups in total. The molecule has 3 aliphatic heterocycles. The SMILES string of the molecule is Cn1c2c(c3cc(C(=O)N4CC(CC(=O)NC5CC5)C4)ccc31)CC(C1CCOCC1)CC2.Cn1c2c(c3cc(C(=O)O)ccc31)CC(C1CCOCC1)CC2. The fourth-order valence-electron chi connectivity index (χ4n) is 10.9. The van der Waals surface area contributed by atoms with Crippen LogP contribution in [0.15, 0.2) is 36.4 Å². The van der Waals surface area contributed by atoms with Crippen LogP contribution < -0.4 is 5.32 Å². The van der Waals surface area contributed by atoms with E-state index < -0.39 is 5.97 Å². The van der Waals surface area contributed by atoms with E-state index in [4.69, 9.17) is 9.47 Å². The van der Waals surface area contributed by atoms with Crippen molar-refractivity contribution in [3.05, 3.63) is 70.0 Å². The minimum atomic E-state index is -0.846. The van der Waals surface area contributed by atoms with Crippen molar-refractivity contribution < 1.29 is 29.0 Å². The zero-order chi connectivity index (χ0) is 38.5. The van der Waals surface area contributed by atoms with E-state index in [0.717, 1.165) is 99.2 Å². The molecule has 10 rings (SSSR count). The van der Waals surface area contributed by atoms with Crippen LogP contribution >= 0.6 is 0 Å². The van der Waals surface area contributed by atoms with Crippen molar-refractivity contribution in [2.75, 3.05) is 39.5 Å². The fourth-order valence-corrected chi connectivity index (χ4v) is 10.9. The number of aromatic carboxylic acids is 1. The Morgan fingerprint density at radius 3 is 1.68 bits per heavy atom. The molecule has 1 saturated carbocycles. The Kier molecular flexibility index (Phi) is 10.5. The lowest BCUT2D eigenvalue weighted by Crippen LogP contribution is -2.51. The second-order valence-electron chi connectivity index (χ2n) is 17.8. The molecular weight excluding hydrogens is 705 g/mol. The first-order chi connectivity index (χ1) is 27.2. The zero-order valence-electron chi connectivity index (χ0n) is 33.2. The van der Waals surface area contributed by atoms with Gasteiger partial charge >= 0.3 is 5.97 Å². The summed E-state index contributed by atoms with van der Waals surface area (Å²) in [5.74, 6) is 2.66. The van der Waals surface area contributed by atoms with Gasteiger partial charge in [-0.1, -0.05) is 0 Å². The molecule has 298 valence electrons. The van der Waals surface area contributed by atoms with Crippen LogP contribution in [0.1, 0.15) is 101 Å². The number of hydrogen-bond donors (Lipinski definition) is 2. The monoisotopic (exact) mass is 762 g/mol. The van der Waals surface area contributed by atoms with Gasteiger partial charge < -0.3 is 33.9 Å². The quantitative estimate of drug-likeness (QED) is 0.213. The number of carboxylic acid groups (broad SMARTS) is 1. The number of aromatic nitrogens is 2. The van der Waals surface area contributed by atoms with Crippen molar-refractivity contribution in [1.82, 2.24) is 19.4 Å². The molecule has 0 bridgehead atoms. The molecule has 2 amide bonds. The summed E-state index contributed by atoms with van der Waals surface area (Å²) in [6.45, 7) is 4.98. The second-order valence-corrected chi connectivity index (χ2v) is 17.8. The number of carboxylic acids is 1. The smallest absolute Gasteiger partial charge is 0.335 e. The lowest BCUT2D eigenvalue weighted by atomic mass is 9.75. The molecule has 10 nitrogen and oxygen atoms in total. The molecular formula is C46H58N4O6. The van der Waals surface area contributed by atoms with Gasteiger partial charge in [0.1, 0.15) is 0 Å². The number of carbonyl (C=O) groups is 3. The first-order valence-electron chi connectivity index (χ1n) is 21.4. The van der Waals surface area contributed by atoms with Crippen molar-refractivity contribution >= 4 is 39.6 Å². The van der Waals surface area contributed by atoms with Crippen molar-refractivity contribution in [2.45, 2.75) is 89.5 Å². The van der Waals surface area contributed by atoms with Gasteiger partial charge in [-0.2, -0.15) is 0 Å². The Morgan fingerprint density at radius 2 is 1.18 bits per heavy atom. The van der Waals surface area contributed by atoms with E-state index in [0.29, 0.717) is 43.0 Å². The summed E-state index contributed by atoms with van der Waals surface area (Å²) in [6, 6.07) is 12.2. The van der Waals surface area contributed by atoms with Gasteiger partial charge in [0.2, 0.25) is 5.91 Å². The Hall–Kier alpha value is -4.15. The molecule has 0 spiro atoms. The van der Waals surface area contributed by atoms with Crippen LogP contribution in [-0.4, -0.2) is 82.5 Å². The summed E-state index contributed by atoms with van der Waals surface area (Å²) in [4.78, 5) is 38.4. The maximum atomic E-state index is 13.2. The number of nitrogens with zero attached hydrogens (tertiary/aromatic N) is 3. The average molecular weight is 763 g/mol. The van der Waals surface area contributed by atoms with Gasteiger partial charge in [-0.15, -0.1) is 0 Å². The van der Waals surface area contributed by atoms with E-state index in [1.807, 2.05) is 23.1 Å². The average Bonchev–Trinajstić information content (AvgIpc) is 3.94. The van der Waals surface area contributed by atoms with E-state index in [2.05, 4.69) is 40.7 Å². The maximum Gasteiger partial charge on any atom is 0.335 e. The van der Waals surface area contributed by atoms with E-state index >= 15 is 0 Å². The number of benzene rings is 2. The van der Waals surface area contributed by atoms with Crippen LogP contribution in [0.4, 0.5) is 0 Å². The second kappa shape index (κ2) is 15.7. The number of carbonyl (C=O) groups excluding carboxylic acids is 2. The first kappa shape index (κ1) is 37.4. The number of aryl methyl sites for hydroxylation is 2. The van der Waals surface area contributed by atoms with Crippen LogP contribution in [0.3, 0.4) is 0 Å². The van der Waals surface area contributed by atoms with Gasteiger partial charge in [0.25, 0.3) is 5.91 Å². The lowest BCUT2D eigenvalue weighted by Gasteiger charge is -2.39. The topological polar surface area (TPSA) is 115 Å². The number of fused-ring (bicyclic) bond motifs is 6. The molecule has 3 aliphatic carbocycles. The minimum Gasteiger partial charge on any atom is -0.478 e. The largest absolute Gasteiger partial charge is 0.478 e. The van der Waals surface area contributed by atoms with Gasteiger partial charge in [-0.25, -0.2) is 4.79 Å². The third-order valence-corrected chi connectivity index (χ3v) is 14.3. The molecule has 3 saturated heterocycles. The summed E-state index contributed by atoms with van der Waals surface area (Å²) in [7, 11) is 4.28. The van der Waals surface area contributed by atoms with Gasteiger partial charge in [0.05, 0.1) is 5.56 Å². The number of hydrogen-bond acceptors (Lipinski definition) is 5. The summed E-state index contributed by atoms with van der Waals surface area (Å²) >= 11 is 0. The molecule has 6 aliphatic rings. The van der Waals surface area contributed by atoms with Crippen molar-refractivity contribution in [3.63, 3.8) is 0 Å². The number of rotatable bonds is 7. The van der Waals surface area contributed by atoms with Crippen LogP contribution in [-0.2, 0) is 54.0 Å². The molecule has 10 heteroatoms. The van der Waals surface area contributed by atoms with Gasteiger partial charge in [0.15, 0.2) is 0 Å². The highest BCUT2D eigenvalue weighted by atomic mass is 16.5. The van der Waals surface area contributed by atoms with Crippen LogP contribution in [0.2, 0.25) is 0 Å². The Morgan fingerprint density at radius 1 is 0.679 bits per heavy atom. The van der Waals surface area contributed by atoms with Crippen LogP contribution in [0.5, 0.6) is 0 Å². The van der Waals surface area contributed by atoms with E-state index in [-0.39, 0.29) is 11.8 Å². The van der Waals surface area contributed by atoms with Gasteiger partial charge in [-0.3, -0.25) is 9.59 Å². The number of likely N-dealkylation sites (tertiary alicyclic amines) is 1.